The summed E-state index contributed by atoms with van der Waals surface area (Å²) in [5, 5.41) is 14.5. The Hall–Kier alpha value is -2.52. The van der Waals surface area contributed by atoms with Gasteiger partial charge in [0.2, 0.25) is 12.7 Å². The molecule has 0 aliphatic carbocycles. The van der Waals surface area contributed by atoms with E-state index in [0.29, 0.717) is 46.9 Å². The molecule has 162 valence electrons. The lowest BCUT2D eigenvalue weighted by molar-refractivity contribution is -0.128. The number of aromatic nitrogens is 2. The summed E-state index contributed by atoms with van der Waals surface area (Å²) < 4.78 is 10.8. The number of aliphatic hydroxyl groups excluding tert-OH is 1. The predicted molar refractivity (Wildman–Crippen MR) is 115 cm³/mol. The average molecular weight is 463 g/mol. The van der Waals surface area contributed by atoms with Crippen LogP contribution >= 0.6 is 23.2 Å². The molecule has 3 N–H and O–H groups in total. The van der Waals surface area contributed by atoms with Crippen LogP contribution < -0.4 is 14.8 Å². The summed E-state index contributed by atoms with van der Waals surface area (Å²) in [6.07, 6.45) is -0.258. The van der Waals surface area contributed by atoms with E-state index in [0.717, 1.165) is 16.6 Å². The first kappa shape index (κ1) is 20.4. The molecule has 3 aromatic rings. The van der Waals surface area contributed by atoms with E-state index in [1.807, 2.05) is 17.0 Å². The lowest BCUT2D eigenvalue weighted by Gasteiger charge is -2.25. The Kier molecular flexibility index (Phi) is 5.39. The quantitative estimate of drug-likeness (QED) is 0.538. The van der Waals surface area contributed by atoms with Crippen molar-refractivity contribution < 1.29 is 19.4 Å². The van der Waals surface area contributed by atoms with Crippen molar-refractivity contribution in [1.29, 1.82) is 0 Å². The Bertz CT molecular complexity index is 1150. The number of aliphatic hydroxyl groups is 1. The van der Waals surface area contributed by atoms with Crippen LogP contribution in [-0.2, 0) is 17.9 Å². The molecule has 1 amide bonds. The van der Waals surface area contributed by atoms with Crippen LogP contribution in [-0.4, -0.2) is 51.4 Å². The van der Waals surface area contributed by atoms with E-state index >= 15 is 0 Å². The zero-order chi connectivity index (χ0) is 21.5. The summed E-state index contributed by atoms with van der Waals surface area (Å²) in [6, 6.07) is 8.23. The molecule has 0 bridgehead atoms. The van der Waals surface area contributed by atoms with Gasteiger partial charge in [0.1, 0.15) is 11.9 Å². The molecular weight excluding hydrogens is 443 g/mol. The number of carbonyl (C=O) groups excluding carboxylic acids is 1. The number of rotatable bonds is 5. The fourth-order valence-electron chi connectivity index (χ4n) is 4.05. The highest BCUT2D eigenvalue weighted by Gasteiger charge is 2.38. The lowest BCUT2D eigenvalue weighted by Crippen LogP contribution is -2.47. The first-order chi connectivity index (χ1) is 15.0. The molecule has 1 fully saturated rings. The van der Waals surface area contributed by atoms with Crippen LogP contribution in [0.1, 0.15) is 17.8 Å². The number of halogens is 2. The third kappa shape index (κ3) is 4.04. The monoisotopic (exact) mass is 462 g/mol. The molecule has 3 heterocycles. The SMILES string of the molecule is O=C(NCc1nc2ccc(Cl)cc2[nH]1)C1C(O)CCN1Cc1cc2c(cc1Cl)OCO2. The van der Waals surface area contributed by atoms with Crippen LogP contribution in [0.2, 0.25) is 10.0 Å². The van der Waals surface area contributed by atoms with E-state index in [9.17, 15) is 9.90 Å². The molecule has 1 aromatic heterocycles. The number of hydrogen-bond donors (Lipinski definition) is 3. The van der Waals surface area contributed by atoms with E-state index in [2.05, 4.69) is 15.3 Å². The van der Waals surface area contributed by atoms with Gasteiger partial charge in [0, 0.05) is 29.2 Å². The topological polar surface area (TPSA) is 99.7 Å². The van der Waals surface area contributed by atoms with E-state index < -0.39 is 12.1 Å². The highest BCUT2D eigenvalue weighted by Crippen LogP contribution is 2.37. The smallest absolute Gasteiger partial charge is 0.240 e. The Labute approximate surface area is 188 Å². The van der Waals surface area contributed by atoms with Crippen molar-refractivity contribution in [3.63, 3.8) is 0 Å². The molecule has 2 aliphatic heterocycles. The van der Waals surface area contributed by atoms with Gasteiger partial charge < -0.3 is 24.9 Å². The summed E-state index contributed by atoms with van der Waals surface area (Å²) >= 11 is 12.4. The van der Waals surface area contributed by atoms with Gasteiger partial charge in [0.25, 0.3) is 0 Å². The number of ether oxygens (including phenoxy) is 2. The van der Waals surface area contributed by atoms with Gasteiger partial charge in [-0.15, -0.1) is 0 Å². The van der Waals surface area contributed by atoms with Gasteiger partial charge in [0.05, 0.1) is 23.7 Å². The fraction of sp³-hybridized carbons (Fsp3) is 0.333. The minimum atomic E-state index is -0.762. The molecule has 8 nitrogen and oxygen atoms in total. The molecule has 2 aromatic carbocycles. The molecule has 10 heteroatoms. The Morgan fingerprint density at radius 2 is 2.06 bits per heavy atom. The molecule has 0 spiro atoms. The lowest BCUT2D eigenvalue weighted by atomic mass is 10.1. The molecule has 2 atom stereocenters. The van der Waals surface area contributed by atoms with Gasteiger partial charge >= 0.3 is 0 Å². The zero-order valence-electron chi connectivity index (χ0n) is 16.4. The van der Waals surface area contributed by atoms with Crippen LogP contribution in [0.25, 0.3) is 11.0 Å². The second kappa shape index (κ2) is 8.20. The zero-order valence-corrected chi connectivity index (χ0v) is 17.9. The number of hydrogen-bond acceptors (Lipinski definition) is 6. The van der Waals surface area contributed by atoms with Crippen LogP contribution in [0.5, 0.6) is 11.5 Å². The van der Waals surface area contributed by atoms with Crippen molar-refractivity contribution in [2.45, 2.75) is 31.7 Å². The fourth-order valence-corrected chi connectivity index (χ4v) is 4.43. The van der Waals surface area contributed by atoms with E-state index in [1.54, 1.807) is 18.2 Å². The summed E-state index contributed by atoms with van der Waals surface area (Å²) in [4.78, 5) is 22.4. The maximum absolute atomic E-state index is 12.9. The Morgan fingerprint density at radius 1 is 1.26 bits per heavy atom. The molecule has 2 aliphatic rings. The molecule has 5 rings (SSSR count). The number of likely N-dealkylation sites (tertiary alicyclic amines) is 1. The van der Waals surface area contributed by atoms with Crippen molar-refractivity contribution in [3.8, 4) is 11.5 Å². The number of carbonyl (C=O) groups is 1. The third-order valence-corrected chi connectivity index (χ3v) is 6.16. The largest absolute Gasteiger partial charge is 0.454 e. The first-order valence-electron chi connectivity index (χ1n) is 9.90. The number of H-pyrrole nitrogens is 1. The molecule has 2 unspecified atom stereocenters. The molecule has 0 saturated carbocycles. The maximum Gasteiger partial charge on any atom is 0.240 e. The van der Waals surface area contributed by atoms with E-state index in [4.69, 9.17) is 32.7 Å². The van der Waals surface area contributed by atoms with Gasteiger partial charge in [-0.3, -0.25) is 9.69 Å². The first-order valence-corrected chi connectivity index (χ1v) is 10.7. The molecule has 31 heavy (non-hydrogen) atoms. The molecule has 0 radical (unpaired) electrons. The number of nitrogens with zero attached hydrogens (tertiary/aromatic N) is 2. The van der Waals surface area contributed by atoms with Crippen LogP contribution in [0.4, 0.5) is 0 Å². The number of imidazole rings is 1. The summed E-state index contributed by atoms with van der Waals surface area (Å²) in [5.74, 6) is 1.59. The van der Waals surface area contributed by atoms with Crippen molar-refractivity contribution >= 4 is 40.1 Å². The summed E-state index contributed by atoms with van der Waals surface area (Å²) in [6.45, 7) is 1.37. The van der Waals surface area contributed by atoms with Crippen LogP contribution in [0, 0.1) is 0 Å². The van der Waals surface area contributed by atoms with Gasteiger partial charge in [0.15, 0.2) is 11.5 Å². The van der Waals surface area contributed by atoms with Gasteiger partial charge in [-0.2, -0.15) is 0 Å². The summed E-state index contributed by atoms with van der Waals surface area (Å²) in [7, 11) is 0. The Morgan fingerprint density at radius 3 is 2.90 bits per heavy atom. The van der Waals surface area contributed by atoms with Gasteiger partial charge in [-0.1, -0.05) is 23.2 Å². The van der Waals surface area contributed by atoms with Crippen LogP contribution in [0.3, 0.4) is 0 Å². The second-order valence-corrected chi connectivity index (χ2v) is 8.47. The van der Waals surface area contributed by atoms with Crippen molar-refractivity contribution in [3.05, 3.63) is 51.8 Å². The number of amides is 1. The highest BCUT2D eigenvalue weighted by atomic mass is 35.5. The summed E-state index contributed by atoms with van der Waals surface area (Å²) in [5.41, 5.74) is 2.39. The standard InChI is InChI=1S/C21H20Cl2N4O4/c22-12-1-2-14-15(6-12)26-19(25-14)8-24-21(29)20-16(28)3-4-27(20)9-11-5-17-18(7-13(11)23)31-10-30-17/h1-2,5-7,16,20,28H,3-4,8-10H2,(H,24,29)(H,25,26). The van der Waals surface area contributed by atoms with Crippen molar-refractivity contribution in [1.82, 2.24) is 20.2 Å². The maximum atomic E-state index is 12.9. The third-order valence-electron chi connectivity index (χ3n) is 5.58. The van der Waals surface area contributed by atoms with Crippen LogP contribution in [0.15, 0.2) is 30.3 Å². The normalized spacial score (nSPS) is 20.5. The van der Waals surface area contributed by atoms with E-state index in [1.165, 1.54) is 0 Å². The number of fused-ring (bicyclic) bond motifs is 2. The minimum absolute atomic E-state index is 0.163. The number of aromatic amines is 1. The van der Waals surface area contributed by atoms with Gasteiger partial charge in [-0.05, 0) is 36.2 Å². The highest BCUT2D eigenvalue weighted by molar-refractivity contribution is 6.31. The Balaban J connectivity index is 1.28. The number of nitrogens with one attached hydrogen (secondary N) is 2. The van der Waals surface area contributed by atoms with Gasteiger partial charge in [-0.25, -0.2) is 4.98 Å². The molecule has 1 saturated heterocycles. The second-order valence-electron chi connectivity index (χ2n) is 7.63. The average Bonchev–Trinajstić information content (AvgIpc) is 3.44. The van der Waals surface area contributed by atoms with Crippen molar-refractivity contribution in [2.24, 2.45) is 0 Å². The minimum Gasteiger partial charge on any atom is -0.454 e. The predicted octanol–water partition coefficient (Wildman–Crippen LogP) is 2.85. The number of benzene rings is 2. The molecular formula is C21H20Cl2N4O4. The van der Waals surface area contributed by atoms with E-state index in [-0.39, 0.29) is 19.2 Å². The van der Waals surface area contributed by atoms with Crippen molar-refractivity contribution in [2.75, 3.05) is 13.3 Å².